The minimum Gasteiger partial charge on any atom is -0.394 e. The molecule has 0 radical (unpaired) electrons. The van der Waals surface area contributed by atoms with Gasteiger partial charge in [0.2, 0.25) is 0 Å². The normalized spacial score (nSPS) is 30.3. The fourth-order valence-corrected chi connectivity index (χ4v) is 2.48. The molecule has 1 aromatic rings. The van der Waals surface area contributed by atoms with Crippen LogP contribution in [0.3, 0.4) is 0 Å². The van der Waals surface area contributed by atoms with Crippen LogP contribution in [0, 0.1) is 5.92 Å². The fourth-order valence-electron chi connectivity index (χ4n) is 2.48. The third-order valence-electron chi connectivity index (χ3n) is 3.24. The van der Waals surface area contributed by atoms with Gasteiger partial charge in [0.1, 0.15) is 5.82 Å². The first kappa shape index (κ1) is 8.11. The molecule has 2 aliphatic rings. The number of hydrogen-bond donors (Lipinski definition) is 3. The number of aromatic nitrogens is 2. The average Bonchev–Trinajstić information content (AvgIpc) is 2.61. The summed E-state index contributed by atoms with van der Waals surface area (Å²) in [6, 6.07) is 0.532. The lowest BCUT2D eigenvalue weighted by atomic mass is 9.92. The predicted molar refractivity (Wildman–Crippen MR) is 55.1 cm³/mol. The summed E-state index contributed by atoms with van der Waals surface area (Å²) >= 11 is 0. The molecule has 2 aliphatic heterocycles. The lowest BCUT2D eigenvalue weighted by Gasteiger charge is -2.37. The van der Waals surface area contributed by atoms with E-state index < -0.39 is 0 Å². The zero-order valence-corrected chi connectivity index (χ0v) is 8.03. The molecule has 1 saturated heterocycles. The van der Waals surface area contributed by atoms with E-state index in [1.54, 1.807) is 6.20 Å². The number of nitrogens with zero attached hydrogens (tertiary/aromatic N) is 2. The zero-order valence-electron chi connectivity index (χ0n) is 8.03. The molecule has 3 heterocycles. The van der Waals surface area contributed by atoms with Gasteiger partial charge in [-0.05, 0) is 13.0 Å². The van der Waals surface area contributed by atoms with Crippen LogP contribution in [0.2, 0.25) is 0 Å². The molecule has 0 aliphatic carbocycles. The Hall–Kier alpha value is -1.23. The molecule has 1 fully saturated rings. The first-order valence-electron chi connectivity index (χ1n) is 5.14. The van der Waals surface area contributed by atoms with E-state index in [0.29, 0.717) is 12.0 Å². The Kier molecular flexibility index (Phi) is 1.67. The summed E-state index contributed by atoms with van der Waals surface area (Å²) in [6.45, 7) is 3.17. The fraction of sp³-hybridized carbons (Fsp3) is 0.667. The van der Waals surface area contributed by atoms with Gasteiger partial charge < -0.3 is 16.4 Å². The lowest BCUT2D eigenvalue weighted by Crippen LogP contribution is -2.44. The van der Waals surface area contributed by atoms with Crippen LogP contribution in [-0.2, 0) is 0 Å². The Morgan fingerprint density at radius 2 is 2.43 bits per heavy atom. The summed E-state index contributed by atoms with van der Waals surface area (Å²) < 4.78 is 2.06. The van der Waals surface area contributed by atoms with Gasteiger partial charge in [-0.2, -0.15) is 5.10 Å². The van der Waals surface area contributed by atoms with Gasteiger partial charge in [-0.1, -0.05) is 0 Å². The topological polar surface area (TPSA) is 67.9 Å². The number of anilines is 2. The van der Waals surface area contributed by atoms with E-state index in [1.165, 1.54) is 0 Å². The number of nitrogens with two attached hydrogens (primary N) is 1. The molecular weight excluding hydrogens is 178 g/mol. The molecule has 2 atom stereocenters. The molecule has 0 bridgehead atoms. The molecule has 0 saturated carbocycles. The molecule has 0 aromatic carbocycles. The molecule has 1 aromatic heterocycles. The van der Waals surface area contributed by atoms with E-state index in [4.69, 9.17) is 5.73 Å². The molecule has 5 heteroatoms. The Balaban J connectivity index is 1.99. The first-order valence-corrected chi connectivity index (χ1v) is 5.14. The quantitative estimate of drug-likeness (QED) is 0.544. The third-order valence-corrected chi connectivity index (χ3v) is 3.24. The Morgan fingerprint density at radius 1 is 1.50 bits per heavy atom. The van der Waals surface area contributed by atoms with Crippen molar-refractivity contribution >= 4 is 11.5 Å². The van der Waals surface area contributed by atoms with Crippen LogP contribution in [0.5, 0.6) is 0 Å². The molecule has 2 unspecified atom stereocenters. The first-order chi connectivity index (χ1) is 6.86. The molecule has 76 valence electrons. The van der Waals surface area contributed by atoms with Crippen LogP contribution in [0.25, 0.3) is 0 Å². The maximum atomic E-state index is 5.82. The van der Waals surface area contributed by atoms with Crippen LogP contribution in [0.4, 0.5) is 11.5 Å². The molecule has 0 amide bonds. The maximum absolute atomic E-state index is 5.82. The predicted octanol–water partition coefficient (Wildman–Crippen LogP) is 0.0414. The summed E-state index contributed by atoms with van der Waals surface area (Å²) in [7, 11) is 0. The summed E-state index contributed by atoms with van der Waals surface area (Å²) in [5, 5.41) is 11.1. The highest BCUT2D eigenvalue weighted by Crippen LogP contribution is 2.34. The van der Waals surface area contributed by atoms with Crippen molar-refractivity contribution in [3.63, 3.8) is 0 Å². The van der Waals surface area contributed by atoms with Gasteiger partial charge in [0.15, 0.2) is 0 Å². The Bertz CT molecular complexity index is 345. The minimum absolute atomic E-state index is 0.532. The monoisotopic (exact) mass is 193 g/mol. The van der Waals surface area contributed by atoms with Gasteiger partial charge >= 0.3 is 0 Å². The van der Waals surface area contributed by atoms with Gasteiger partial charge in [0.05, 0.1) is 17.9 Å². The second-order valence-corrected chi connectivity index (χ2v) is 4.09. The van der Waals surface area contributed by atoms with Gasteiger partial charge in [-0.15, -0.1) is 0 Å². The van der Waals surface area contributed by atoms with E-state index in [0.717, 1.165) is 37.6 Å². The van der Waals surface area contributed by atoms with Crippen molar-refractivity contribution in [1.29, 1.82) is 0 Å². The van der Waals surface area contributed by atoms with Crippen LogP contribution in [0.15, 0.2) is 6.20 Å². The van der Waals surface area contributed by atoms with Crippen molar-refractivity contribution in [3.8, 4) is 0 Å². The summed E-state index contributed by atoms with van der Waals surface area (Å²) in [5.74, 6) is 1.66. The average molecular weight is 193 g/mol. The van der Waals surface area contributed by atoms with Gasteiger partial charge in [-0.3, -0.25) is 0 Å². The van der Waals surface area contributed by atoms with Crippen molar-refractivity contribution in [3.05, 3.63) is 6.20 Å². The smallest absolute Gasteiger partial charge is 0.148 e. The van der Waals surface area contributed by atoms with Gasteiger partial charge in [0.25, 0.3) is 0 Å². The number of hydrogen-bond acceptors (Lipinski definition) is 4. The van der Waals surface area contributed by atoms with E-state index in [9.17, 15) is 0 Å². The maximum Gasteiger partial charge on any atom is 0.148 e. The summed E-state index contributed by atoms with van der Waals surface area (Å²) in [5.41, 5.74) is 6.59. The summed E-state index contributed by atoms with van der Waals surface area (Å²) in [6.07, 6.45) is 2.90. The second-order valence-electron chi connectivity index (χ2n) is 4.09. The standard InChI is InChI=1S/C9H15N5/c10-7-5-13-14-8-1-2-11-3-6(8)4-12-9(7)14/h5-6,8,11-12H,1-4,10H2. The van der Waals surface area contributed by atoms with Gasteiger partial charge in [0, 0.05) is 19.0 Å². The highest BCUT2D eigenvalue weighted by molar-refractivity contribution is 5.61. The molecule has 14 heavy (non-hydrogen) atoms. The number of nitrogen functional groups attached to an aromatic ring is 1. The van der Waals surface area contributed by atoms with Gasteiger partial charge in [-0.25, -0.2) is 4.68 Å². The van der Waals surface area contributed by atoms with Crippen LogP contribution >= 0.6 is 0 Å². The molecule has 0 spiro atoms. The van der Waals surface area contributed by atoms with E-state index in [-0.39, 0.29) is 0 Å². The highest BCUT2D eigenvalue weighted by Gasteiger charge is 2.32. The Labute approximate surface area is 82.7 Å². The number of rotatable bonds is 0. The molecular formula is C9H15N5. The van der Waals surface area contributed by atoms with E-state index in [2.05, 4.69) is 20.4 Å². The number of piperidine rings is 1. The van der Waals surface area contributed by atoms with E-state index in [1.807, 2.05) is 0 Å². The Morgan fingerprint density at radius 3 is 3.36 bits per heavy atom. The van der Waals surface area contributed by atoms with Crippen LogP contribution in [0.1, 0.15) is 12.5 Å². The summed E-state index contributed by atoms with van der Waals surface area (Å²) in [4.78, 5) is 0. The van der Waals surface area contributed by atoms with E-state index >= 15 is 0 Å². The van der Waals surface area contributed by atoms with Crippen LogP contribution < -0.4 is 16.4 Å². The third kappa shape index (κ3) is 1.02. The molecule has 3 rings (SSSR count). The van der Waals surface area contributed by atoms with Crippen LogP contribution in [-0.4, -0.2) is 29.4 Å². The highest BCUT2D eigenvalue weighted by atomic mass is 15.4. The van der Waals surface area contributed by atoms with Crippen molar-refractivity contribution in [2.75, 3.05) is 30.7 Å². The number of nitrogens with one attached hydrogen (secondary N) is 2. The molecule has 5 nitrogen and oxygen atoms in total. The number of fused-ring (bicyclic) bond motifs is 3. The molecule has 4 N–H and O–H groups in total. The minimum atomic E-state index is 0.532. The van der Waals surface area contributed by atoms with Crippen molar-refractivity contribution in [2.24, 2.45) is 5.92 Å². The SMILES string of the molecule is Nc1cnn2c1NCC1CNCCC12. The lowest BCUT2D eigenvalue weighted by molar-refractivity contribution is 0.237. The van der Waals surface area contributed by atoms with Crippen molar-refractivity contribution in [2.45, 2.75) is 12.5 Å². The largest absolute Gasteiger partial charge is 0.394 e. The van der Waals surface area contributed by atoms with Crippen molar-refractivity contribution in [1.82, 2.24) is 15.1 Å². The van der Waals surface area contributed by atoms with Crippen molar-refractivity contribution < 1.29 is 0 Å². The second kappa shape index (κ2) is 2.88. The zero-order chi connectivity index (χ0) is 9.54.